The highest BCUT2D eigenvalue weighted by Gasteiger charge is 2.09. The van der Waals surface area contributed by atoms with E-state index in [0.717, 1.165) is 30.0 Å². The van der Waals surface area contributed by atoms with Gasteiger partial charge in [-0.05, 0) is 44.5 Å². The fourth-order valence-corrected chi connectivity index (χ4v) is 1.98. The Morgan fingerprint density at radius 3 is 2.71 bits per heavy atom. The molecule has 0 saturated carbocycles. The molecule has 96 valence electrons. The van der Waals surface area contributed by atoms with Gasteiger partial charge in [0.25, 0.3) is 0 Å². The Morgan fingerprint density at radius 2 is 2.12 bits per heavy atom. The molecule has 1 rings (SSSR count). The smallest absolute Gasteiger partial charge is 0.138 e. The van der Waals surface area contributed by atoms with Crippen LogP contribution in [0.1, 0.15) is 18.9 Å². The molecule has 0 saturated heterocycles. The topological polar surface area (TPSA) is 38.5 Å². The monoisotopic (exact) mass is 256 g/mol. The zero-order chi connectivity index (χ0) is 12.8. The second kappa shape index (κ2) is 6.72. The number of halogens is 1. The lowest BCUT2D eigenvalue weighted by Gasteiger charge is -2.22. The van der Waals surface area contributed by atoms with Crippen LogP contribution in [0.2, 0.25) is 5.02 Å². The van der Waals surface area contributed by atoms with Crippen molar-refractivity contribution in [1.29, 1.82) is 0 Å². The summed E-state index contributed by atoms with van der Waals surface area (Å²) < 4.78 is 5.46. The third kappa shape index (κ3) is 3.79. The molecule has 0 aliphatic heterocycles. The summed E-state index contributed by atoms with van der Waals surface area (Å²) in [7, 11) is 2.05. The van der Waals surface area contributed by atoms with Crippen molar-refractivity contribution < 1.29 is 4.74 Å². The van der Waals surface area contributed by atoms with Crippen molar-refractivity contribution in [2.75, 3.05) is 31.6 Å². The molecule has 2 N–H and O–H groups in total. The van der Waals surface area contributed by atoms with Crippen LogP contribution in [0.5, 0.6) is 5.75 Å². The van der Waals surface area contributed by atoms with Crippen molar-refractivity contribution in [3.05, 3.63) is 22.7 Å². The predicted molar refractivity (Wildman–Crippen MR) is 74.3 cm³/mol. The molecule has 17 heavy (non-hydrogen) atoms. The first-order valence-electron chi connectivity index (χ1n) is 5.94. The molecule has 0 unspecified atom stereocenters. The summed E-state index contributed by atoms with van der Waals surface area (Å²) in [4.78, 5) is 2.17. The van der Waals surface area contributed by atoms with E-state index in [1.165, 1.54) is 0 Å². The fourth-order valence-electron chi connectivity index (χ4n) is 1.77. The molecule has 0 radical (unpaired) electrons. The largest absolute Gasteiger partial charge is 0.492 e. The quantitative estimate of drug-likeness (QED) is 0.851. The maximum absolute atomic E-state index is 6.18. The minimum atomic E-state index is 0.627. The minimum absolute atomic E-state index is 0.627. The number of hydrogen-bond acceptors (Lipinski definition) is 3. The van der Waals surface area contributed by atoms with E-state index >= 15 is 0 Å². The minimum Gasteiger partial charge on any atom is -0.492 e. The van der Waals surface area contributed by atoms with Gasteiger partial charge in [0, 0.05) is 19.3 Å². The van der Waals surface area contributed by atoms with Gasteiger partial charge < -0.3 is 15.4 Å². The number of hydrogen-bond donors (Lipinski definition) is 1. The van der Waals surface area contributed by atoms with Gasteiger partial charge in [-0.25, -0.2) is 0 Å². The number of ether oxygens (including phenoxy) is 1. The molecule has 0 aromatic heterocycles. The highest BCUT2D eigenvalue weighted by molar-refractivity contribution is 6.32. The van der Waals surface area contributed by atoms with Crippen molar-refractivity contribution in [3.63, 3.8) is 0 Å². The molecule has 0 aliphatic carbocycles. The van der Waals surface area contributed by atoms with Crippen LogP contribution in [-0.2, 0) is 0 Å². The van der Waals surface area contributed by atoms with Crippen LogP contribution in [0.15, 0.2) is 12.1 Å². The Bertz CT molecular complexity index is 369. The van der Waals surface area contributed by atoms with Crippen LogP contribution in [0.25, 0.3) is 0 Å². The van der Waals surface area contributed by atoms with Gasteiger partial charge in [0.1, 0.15) is 5.75 Å². The van der Waals surface area contributed by atoms with Gasteiger partial charge in [-0.15, -0.1) is 0 Å². The standard InChI is InChI=1S/C13H21ClN2O/c1-4-17-13-8-10(2)12(9-11(13)14)16(3)7-5-6-15/h8-9H,4-7,15H2,1-3H3. The van der Waals surface area contributed by atoms with Crippen LogP contribution < -0.4 is 15.4 Å². The van der Waals surface area contributed by atoms with Gasteiger partial charge in [-0.3, -0.25) is 0 Å². The van der Waals surface area contributed by atoms with Crippen LogP contribution in [0.3, 0.4) is 0 Å². The highest BCUT2D eigenvalue weighted by atomic mass is 35.5. The Morgan fingerprint density at radius 1 is 1.41 bits per heavy atom. The summed E-state index contributed by atoms with van der Waals surface area (Å²) in [6.07, 6.45) is 0.973. The fraction of sp³-hybridized carbons (Fsp3) is 0.538. The van der Waals surface area contributed by atoms with E-state index in [1.54, 1.807) is 0 Å². The number of nitrogens with zero attached hydrogens (tertiary/aromatic N) is 1. The molecule has 1 aromatic rings. The molecule has 1 aromatic carbocycles. The Balaban J connectivity index is 2.90. The van der Waals surface area contributed by atoms with Crippen molar-refractivity contribution in [1.82, 2.24) is 0 Å². The van der Waals surface area contributed by atoms with E-state index in [1.807, 2.05) is 19.1 Å². The summed E-state index contributed by atoms with van der Waals surface area (Å²) in [5.41, 5.74) is 7.81. The number of rotatable bonds is 6. The summed E-state index contributed by atoms with van der Waals surface area (Å²) in [6, 6.07) is 3.94. The van der Waals surface area contributed by atoms with Crippen molar-refractivity contribution in [2.45, 2.75) is 20.3 Å². The maximum atomic E-state index is 6.18. The van der Waals surface area contributed by atoms with Crippen molar-refractivity contribution >= 4 is 17.3 Å². The molecular formula is C13H21ClN2O. The summed E-state index contributed by atoms with van der Waals surface area (Å²) >= 11 is 6.18. The van der Waals surface area contributed by atoms with E-state index in [-0.39, 0.29) is 0 Å². The number of nitrogens with two attached hydrogens (primary N) is 1. The predicted octanol–water partition coefficient (Wildman–Crippen LogP) is 2.83. The van der Waals surface area contributed by atoms with Gasteiger partial charge in [0.15, 0.2) is 0 Å². The van der Waals surface area contributed by atoms with Gasteiger partial charge >= 0.3 is 0 Å². The second-order valence-corrected chi connectivity index (χ2v) is 4.47. The highest BCUT2D eigenvalue weighted by Crippen LogP contribution is 2.32. The average Bonchev–Trinajstić information content (AvgIpc) is 2.30. The van der Waals surface area contributed by atoms with Crippen LogP contribution >= 0.6 is 11.6 Å². The first-order chi connectivity index (χ1) is 8.10. The first kappa shape index (κ1) is 14.1. The molecule has 0 bridgehead atoms. The SMILES string of the molecule is CCOc1cc(C)c(N(C)CCCN)cc1Cl. The Labute approximate surface area is 109 Å². The van der Waals surface area contributed by atoms with Crippen LogP contribution in [0, 0.1) is 6.92 Å². The lowest BCUT2D eigenvalue weighted by Crippen LogP contribution is -2.21. The molecule has 0 aliphatic rings. The van der Waals surface area contributed by atoms with E-state index in [4.69, 9.17) is 22.1 Å². The molecule has 4 heteroatoms. The third-order valence-electron chi connectivity index (χ3n) is 2.66. The van der Waals surface area contributed by atoms with Crippen molar-refractivity contribution in [2.24, 2.45) is 5.73 Å². The molecule has 0 spiro atoms. The molecule has 0 heterocycles. The molecule has 0 fully saturated rings. The zero-order valence-corrected chi connectivity index (χ0v) is 11.5. The Kier molecular flexibility index (Phi) is 5.59. The summed E-state index contributed by atoms with van der Waals surface area (Å²) in [5, 5.41) is 0.659. The van der Waals surface area contributed by atoms with E-state index in [0.29, 0.717) is 18.2 Å². The van der Waals surface area contributed by atoms with Crippen LogP contribution in [0.4, 0.5) is 5.69 Å². The summed E-state index contributed by atoms with van der Waals surface area (Å²) in [6.45, 7) is 6.28. The number of benzene rings is 1. The lowest BCUT2D eigenvalue weighted by molar-refractivity contribution is 0.340. The van der Waals surface area contributed by atoms with Gasteiger partial charge in [-0.1, -0.05) is 11.6 Å². The molecule has 0 atom stereocenters. The number of aryl methyl sites for hydroxylation is 1. The van der Waals surface area contributed by atoms with E-state index in [2.05, 4.69) is 18.9 Å². The second-order valence-electron chi connectivity index (χ2n) is 4.07. The van der Waals surface area contributed by atoms with Gasteiger partial charge in [0.05, 0.1) is 11.6 Å². The lowest BCUT2D eigenvalue weighted by atomic mass is 10.1. The molecule has 0 amide bonds. The van der Waals surface area contributed by atoms with Crippen LogP contribution in [-0.4, -0.2) is 26.7 Å². The maximum Gasteiger partial charge on any atom is 0.138 e. The molecule has 3 nitrogen and oxygen atoms in total. The van der Waals surface area contributed by atoms with E-state index < -0.39 is 0 Å². The van der Waals surface area contributed by atoms with Gasteiger partial charge in [0.2, 0.25) is 0 Å². The van der Waals surface area contributed by atoms with E-state index in [9.17, 15) is 0 Å². The molecular weight excluding hydrogens is 236 g/mol. The average molecular weight is 257 g/mol. The number of anilines is 1. The first-order valence-corrected chi connectivity index (χ1v) is 6.32. The third-order valence-corrected chi connectivity index (χ3v) is 2.95. The van der Waals surface area contributed by atoms with Gasteiger partial charge in [-0.2, -0.15) is 0 Å². The van der Waals surface area contributed by atoms with Crippen molar-refractivity contribution in [3.8, 4) is 5.75 Å². The normalized spacial score (nSPS) is 10.4. The Hall–Kier alpha value is -0.930. The zero-order valence-electron chi connectivity index (χ0n) is 10.8. The summed E-state index contributed by atoms with van der Waals surface area (Å²) in [5.74, 6) is 0.752.